The molecule has 1 N–H and O–H groups in total. The molecule has 1 amide bonds. The van der Waals surface area contributed by atoms with Gasteiger partial charge in [-0.3, -0.25) is 0 Å². The summed E-state index contributed by atoms with van der Waals surface area (Å²) in [6.07, 6.45) is -0.513. The van der Waals surface area contributed by atoms with Gasteiger partial charge in [-0.1, -0.05) is 28.1 Å². The van der Waals surface area contributed by atoms with Crippen molar-refractivity contribution in [3.63, 3.8) is 0 Å². The van der Waals surface area contributed by atoms with Crippen LogP contribution in [-0.4, -0.2) is 23.7 Å². The van der Waals surface area contributed by atoms with Crippen molar-refractivity contribution in [2.24, 2.45) is 0 Å². The summed E-state index contributed by atoms with van der Waals surface area (Å²) in [5.74, 6) is -1.21. The number of benzene rings is 1. The van der Waals surface area contributed by atoms with Gasteiger partial charge in [0.15, 0.2) is 0 Å². The van der Waals surface area contributed by atoms with E-state index in [-0.39, 0.29) is 6.42 Å². The van der Waals surface area contributed by atoms with Gasteiger partial charge in [-0.15, -0.1) is 0 Å². The maximum atomic E-state index is 11.7. The summed E-state index contributed by atoms with van der Waals surface area (Å²) in [5, 5.41) is 13.4. The monoisotopic (exact) mass is 356 g/mol. The fourth-order valence-corrected chi connectivity index (χ4v) is 2.02. The summed E-state index contributed by atoms with van der Waals surface area (Å²) in [4.78, 5) is 22.6. The zero-order chi connectivity index (χ0) is 16.0. The third kappa shape index (κ3) is 7.70. The molecule has 6 heteroatoms. The number of hydrogen-bond donors (Lipinski definition) is 1. The topological polar surface area (TPSA) is 78.5 Å². The van der Waals surface area contributed by atoms with Crippen LogP contribution < -0.4 is 10.4 Å². The zero-order valence-corrected chi connectivity index (χ0v) is 13.9. The molecule has 0 saturated carbocycles. The van der Waals surface area contributed by atoms with E-state index in [0.717, 1.165) is 10.0 Å². The maximum absolute atomic E-state index is 11.7. The van der Waals surface area contributed by atoms with Gasteiger partial charge in [0.2, 0.25) is 0 Å². The number of carboxylic acid groups (broad SMARTS) is 1. The highest BCUT2D eigenvalue weighted by molar-refractivity contribution is 9.10. The lowest BCUT2D eigenvalue weighted by atomic mass is 10.0. The van der Waals surface area contributed by atoms with E-state index in [1.165, 1.54) is 0 Å². The van der Waals surface area contributed by atoms with E-state index in [0.29, 0.717) is 6.42 Å². The van der Waals surface area contributed by atoms with Gasteiger partial charge in [0.25, 0.3) is 0 Å². The molecule has 0 fully saturated rings. The van der Waals surface area contributed by atoms with Crippen LogP contribution in [0.4, 0.5) is 4.79 Å². The average molecular weight is 357 g/mol. The van der Waals surface area contributed by atoms with Crippen molar-refractivity contribution in [1.82, 2.24) is 5.32 Å². The molecule has 1 atom stereocenters. The minimum atomic E-state index is -1.21. The predicted molar refractivity (Wildman–Crippen MR) is 80.6 cm³/mol. The number of aliphatic carboxylic acids is 1. The van der Waals surface area contributed by atoms with Gasteiger partial charge in [-0.2, -0.15) is 0 Å². The van der Waals surface area contributed by atoms with Crippen LogP contribution in [-0.2, 0) is 16.0 Å². The first-order chi connectivity index (χ1) is 9.65. The van der Waals surface area contributed by atoms with E-state index in [1.807, 2.05) is 24.3 Å². The molecule has 1 rings (SSSR count). The Hall–Kier alpha value is -1.56. The molecule has 116 valence electrons. The van der Waals surface area contributed by atoms with Gasteiger partial charge < -0.3 is 20.0 Å². The van der Waals surface area contributed by atoms with Crippen molar-refractivity contribution in [2.75, 3.05) is 0 Å². The van der Waals surface area contributed by atoms with Crippen LogP contribution in [0.3, 0.4) is 0 Å². The Bertz CT molecular complexity index is 493. The van der Waals surface area contributed by atoms with Crippen LogP contribution in [0.15, 0.2) is 28.7 Å². The van der Waals surface area contributed by atoms with Gasteiger partial charge >= 0.3 is 6.09 Å². The Morgan fingerprint density at radius 3 is 2.33 bits per heavy atom. The lowest BCUT2D eigenvalue weighted by Gasteiger charge is -2.24. The Kier molecular flexibility index (Phi) is 6.20. The average Bonchev–Trinajstić information content (AvgIpc) is 2.28. The molecule has 0 spiro atoms. The van der Waals surface area contributed by atoms with E-state index in [9.17, 15) is 14.7 Å². The maximum Gasteiger partial charge on any atom is 0.407 e. The van der Waals surface area contributed by atoms with Gasteiger partial charge in [0.1, 0.15) is 5.60 Å². The first kappa shape index (κ1) is 17.5. The third-order valence-corrected chi connectivity index (χ3v) is 3.06. The summed E-state index contributed by atoms with van der Waals surface area (Å²) >= 11 is 3.33. The standard InChI is InChI=1S/C15H20BrNO4/c1-15(2,3)21-14(20)17-12(9-13(18)19)8-10-4-6-11(16)7-5-10/h4-7,12H,8-9H2,1-3H3,(H,17,20)(H,18,19)/p-1/t12-/m1/s1. The highest BCUT2D eigenvalue weighted by Gasteiger charge is 2.20. The second-order valence-corrected chi connectivity index (χ2v) is 6.67. The molecule has 5 nitrogen and oxygen atoms in total. The van der Waals surface area contributed by atoms with Gasteiger partial charge in [-0.05, 0) is 44.9 Å². The van der Waals surface area contributed by atoms with Crippen molar-refractivity contribution in [3.05, 3.63) is 34.3 Å². The molecule has 0 aliphatic rings. The highest BCUT2D eigenvalue weighted by atomic mass is 79.9. The molecule has 0 aliphatic heterocycles. The van der Waals surface area contributed by atoms with Crippen molar-refractivity contribution in [2.45, 2.75) is 45.3 Å². The summed E-state index contributed by atoms with van der Waals surface area (Å²) < 4.78 is 6.07. The summed E-state index contributed by atoms with van der Waals surface area (Å²) in [5.41, 5.74) is 0.286. The zero-order valence-electron chi connectivity index (χ0n) is 12.3. The van der Waals surface area contributed by atoms with E-state index < -0.39 is 23.7 Å². The summed E-state index contributed by atoms with van der Waals surface area (Å²) in [6, 6.07) is 6.87. The van der Waals surface area contributed by atoms with Gasteiger partial charge in [0, 0.05) is 22.9 Å². The number of nitrogens with one attached hydrogen (secondary N) is 1. The molecule has 1 aromatic carbocycles. The van der Waals surface area contributed by atoms with Gasteiger partial charge in [0.05, 0.1) is 0 Å². The summed E-state index contributed by atoms with van der Waals surface area (Å²) in [7, 11) is 0. The molecule has 0 aliphatic carbocycles. The number of rotatable bonds is 5. The molecule has 0 saturated heterocycles. The number of carboxylic acids is 1. The van der Waals surface area contributed by atoms with Crippen LogP contribution in [0, 0.1) is 0 Å². The van der Waals surface area contributed by atoms with Crippen LogP contribution in [0.1, 0.15) is 32.8 Å². The first-order valence-electron chi connectivity index (χ1n) is 6.59. The van der Waals surface area contributed by atoms with Crippen LogP contribution in [0.2, 0.25) is 0 Å². The van der Waals surface area contributed by atoms with Crippen LogP contribution >= 0.6 is 15.9 Å². The van der Waals surface area contributed by atoms with E-state index >= 15 is 0 Å². The SMILES string of the molecule is CC(C)(C)OC(=O)N[C@@H](CC(=O)[O-])Cc1ccc(Br)cc1. The molecule has 0 bridgehead atoms. The first-order valence-corrected chi connectivity index (χ1v) is 7.39. The molecule has 0 unspecified atom stereocenters. The van der Waals surface area contributed by atoms with Crippen molar-refractivity contribution < 1.29 is 19.4 Å². The van der Waals surface area contributed by atoms with Crippen LogP contribution in [0.25, 0.3) is 0 Å². The number of hydrogen-bond acceptors (Lipinski definition) is 4. The summed E-state index contributed by atoms with van der Waals surface area (Å²) in [6.45, 7) is 5.24. The second-order valence-electron chi connectivity index (χ2n) is 5.75. The Morgan fingerprint density at radius 1 is 1.29 bits per heavy atom. The van der Waals surface area contributed by atoms with E-state index in [1.54, 1.807) is 20.8 Å². The van der Waals surface area contributed by atoms with Crippen molar-refractivity contribution in [1.29, 1.82) is 0 Å². The number of carbonyl (C=O) groups is 2. The van der Waals surface area contributed by atoms with E-state index in [4.69, 9.17) is 4.74 Å². The number of ether oxygens (including phenoxy) is 1. The molecule has 0 radical (unpaired) electrons. The molecule has 0 heterocycles. The predicted octanol–water partition coefficient (Wildman–Crippen LogP) is 2.02. The van der Waals surface area contributed by atoms with Crippen molar-refractivity contribution in [3.8, 4) is 0 Å². The van der Waals surface area contributed by atoms with E-state index in [2.05, 4.69) is 21.2 Å². The Morgan fingerprint density at radius 2 is 1.86 bits per heavy atom. The molecular weight excluding hydrogens is 338 g/mol. The normalized spacial score (nSPS) is 12.6. The lowest BCUT2D eigenvalue weighted by Crippen LogP contribution is -2.43. The molecule has 21 heavy (non-hydrogen) atoms. The highest BCUT2D eigenvalue weighted by Crippen LogP contribution is 2.13. The fourth-order valence-electron chi connectivity index (χ4n) is 1.75. The number of carbonyl (C=O) groups excluding carboxylic acids is 2. The van der Waals surface area contributed by atoms with Crippen molar-refractivity contribution >= 4 is 28.0 Å². The minimum absolute atomic E-state index is 0.269. The number of amides is 1. The minimum Gasteiger partial charge on any atom is -0.550 e. The lowest BCUT2D eigenvalue weighted by molar-refractivity contribution is -0.306. The number of alkyl carbamates (subject to hydrolysis) is 1. The Balaban J connectivity index is 2.69. The molecular formula is C15H19BrNO4-. The fraction of sp³-hybridized carbons (Fsp3) is 0.467. The third-order valence-electron chi connectivity index (χ3n) is 2.53. The molecule has 1 aromatic rings. The second kappa shape index (κ2) is 7.45. The largest absolute Gasteiger partial charge is 0.550 e. The quantitative estimate of drug-likeness (QED) is 0.875. The van der Waals surface area contributed by atoms with Crippen LogP contribution in [0.5, 0.6) is 0 Å². The smallest absolute Gasteiger partial charge is 0.407 e. The van der Waals surface area contributed by atoms with Gasteiger partial charge in [-0.25, -0.2) is 4.79 Å². The molecule has 0 aromatic heterocycles. The Labute approximate surface area is 132 Å². The number of halogens is 1.